The van der Waals surface area contributed by atoms with Crippen molar-refractivity contribution in [3.63, 3.8) is 0 Å². The molecular formula is C19H21N3. The van der Waals surface area contributed by atoms with Crippen molar-refractivity contribution in [2.75, 3.05) is 5.32 Å². The van der Waals surface area contributed by atoms with Gasteiger partial charge in [0.2, 0.25) is 0 Å². The monoisotopic (exact) mass is 291 g/mol. The zero-order chi connectivity index (χ0) is 15.3. The van der Waals surface area contributed by atoms with Crippen LogP contribution in [0.15, 0.2) is 48.5 Å². The number of hydrogen-bond acceptors (Lipinski definition) is 1. The standard InChI is InChI=1S/C19H21N3/c1-13(2)22-19-15-9-5-4-8-14(15)12-20-17-11-7-6-10-16(17)18(19)21(22)3/h4-11,13,20H,12H2,1-3H3. The molecule has 1 N–H and O–H groups in total. The Hall–Kier alpha value is -2.42. The molecule has 1 aliphatic heterocycles. The highest BCUT2D eigenvalue weighted by molar-refractivity contribution is 5.89. The van der Waals surface area contributed by atoms with E-state index >= 15 is 0 Å². The molecule has 3 aromatic rings. The van der Waals surface area contributed by atoms with E-state index in [9.17, 15) is 0 Å². The summed E-state index contributed by atoms with van der Waals surface area (Å²) in [6, 6.07) is 17.7. The van der Waals surface area contributed by atoms with Gasteiger partial charge in [-0.05, 0) is 25.5 Å². The molecule has 22 heavy (non-hydrogen) atoms. The molecule has 3 nitrogen and oxygen atoms in total. The van der Waals surface area contributed by atoms with Crippen molar-refractivity contribution in [2.45, 2.75) is 26.4 Å². The summed E-state index contributed by atoms with van der Waals surface area (Å²) < 4.78 is 4.67. The molecule has 3 heteroatoms. The minimum Gasteiger partial charge on any atom is -0.380 e. The van der Waals surface area contributed by atoms with Crippen molar-refractivity contribution >= 4 is 5.69 Å². The molecule has 0 spiro atoms. The molecule has 0 fully saturated rings. The maximum atomic E-state index is 3.59. The first-order valence-corrected chi connectivity index (χ1v) is 7.87. The van der Waals surface area contributed by atoms with E-state index in [-0.39, 0.29) is 0 Å². The van der Waals surface area contributed by atoms with Gasteiger partial charge in [-0.2, -0.15) is 0 Å². The van der Waals surface area contributed by atoms with Gasteiger partial charge in [0.05, 0.1) is 11.4 Å². The van der Waals surface area contributed by atoms with Crippen LogP contribution in [0.3, 0.4) is 0 Å². The zero-order valence-electron chi connectivity index (χ0n) is 13.3. The third-order valence-corrected chi connectivity index (χ3v) is 4.51. The van der Waals surface area contributed by atoms with Crippen LogP contribution in [0.1, 0.15) is 25.5 Å². The SMILES string of the molecule is CC(C)n1c2c(n1C)-c1ccccc1NCc1ccccc1-2. The van der Waals surface area contributed by atoms with Crippen LogP contribution in [-0.2, 0) is 13.6 Å². The molecule has 2 heterocycles. The fourth-order valence-corrected chi connectivity index (χ4v) is 3.57. The molecule has 4 rings (SSSR count). The topological polar surface area (TPSA) is 21.9 Å². The van der Waals surface area contributed by atoms with Crippen LogP contribution < -0.4 is 5.32 Å². The predicted octanol–water partition coefficient (Wildman–Crippen LogP) is 4.67. The number of anilines is 1. The van der Waals surface area contributed by atoms with E-state index in [4.69, 9.17) is 0 Å². The van der Waals surface area contributed by atoms with Gasteiger partial charge < -0.3 is 5.32 Å². The van der Waals surface area contributed by atoms with Crippen molar-refractivity contribution in [1.82, 2.24) is 9.36 Å². The lowest BCUT2D eigenvalue weighted by molar-refractivity contribution is 0.419. The van der Waals surface area contributed by atoms with Crippen LogP contribution in [0.25, 0.3) is 22.5 Å². The third kappa shape index (κ3) is 1.75. The number of aromatic nitrogens is 2. The van der Waals surface area contributed by atoms with Crippen molar-refractivity contribution in [2.24, 2.45) is 7.05 Å². The summed E-state index contributed by atoms with van der Waals surface area (Å²) in [6.07, 6.45) is 0. The number of nitrogens with one attached hydrogen (secondary N) is 1. The molecule has 2 aromatic carbocycles. The van der Waals surface area contributed by atoms with Gasteiger partial charge in [-0.1, -0.05) is 42.5 Å². The smallest absolute Gasteiger partial charge is 0.0922 e. The van der Waals surface area contributed by atoms with E-state index in [0.29, 0.717) is 6.04 Å². The first-order chi connectivity index (χ1) is 10.7. The second-order valence-electron chi connectivity index (χ2n) is 6.22. The number of para-hydroxylation sites is 1. The molecule has 0 saturated carbocycles. The first kappa shape index (κ1) is 13.3. The summed E-state index contributed by atoms with van der Waals surface area (Å²) >= 11 is 0. The van der Waals surface area contributed by atoms with Gasteiger partial charge in [0.15, 0.2) is 0 Å². The van der Waals surface area contributed by atoms with Crippen LogP contribution in [0.4, 0.5) is 5.69 Å². The van der Waals surface area contributed by atoms with E-state index in [1.165, 1.54) is 33.8 Å². The van der Waals surface area contributed by atoms with E-state index in [1.807, 2.05) is 0 Å². The maximum absolute atomic E-state index is 3.59. The summed E-state index contributed by atoms with van der Waals surface area (Å²) in [6.45, 7) is 5.34. The average Bonchev–Trinajstić information content (AvgIpc) is 2.50. The van der Waals surface area contributed by atoms with Crippen LogP contribution in [0.5, 0.6) is 0 Å². The fraction of sp³-hybridized carbons (Fsp3) is 0.263. The fourth-order valence-electron chi connectivity index (χ4n) is 3.57. The van der Waals surface area contributed by atoms with Crippen molar-refractivity contribution in [3.05, 3.63) is 54.1 Å². The minimum atomic E-state index is 0.441. The van der Waals surface area contributed by atoms with Gasteiger partial charge >= 0.3 is 0 Å². The summed E-state index contributed by atoms with van der Waals surface area (Å²) in [5.41, 5.74) is 7.84. The highest BCUT2D eigenvalue weighted by Crippen LogP contribution is 2.43. The number of rotatable bonds is 1. The van der Waals surface area contributed by atoms with E-state index in [0.717, 1.165) is 6.54 Å². The second-order valence-corrected chi connectivity index (χ2v) is 6.22. The molecule has 0 saturated heterocycles. The Bertz CT molecular complexity index is 836. The van der Waals surface area contributed by atoms with Gasteiger partial charge in [0.25, 0.3) is 0 Å². The average molecular weight is 291 g/mol. The third-order valence-electron chi connectivity index (χ3n) is 4.51. The van der Waals surface area contributed by atoms with E-state index < -0.39 is 0 Å². The van der Waals surface area contributed by atoms with Crippen molar-refractivity contribution < 1.29 is 0 Å². The number of benzene rings is 2. The Kier molecular flexibility index (Phi) is 2.89. The van der Waals surface area contributed by atoms with Gasteiger partial charge in [0, 0.05) is 36.4 Å². The van der Waals surface area contributed by atoms with Gasteiger partial charge in [-0.3, -0.25) is 9.36 Å². The minimum absolute atomic E-state index is 0.441. The van der Waals surface area contributed by atoms with E-state index in [1.54, 1.807) is 0 Å². The summed E-state index contributed by atoms with van der Waals surface area (Å²) in [7, 11) is 2.15. The van der Waals surface area contributed by atoms with Crippen LogP contribution in [0, 0.1) is 0 Å². The lowest BCUT2D eigenvalue weighted by Crippen LogP contribution is -2.28. The lowest BCUT2D eigenvalue weighted by atomic mass is 9.94. The molecular weight excluding hydrogens is 270 g/mol. The van der Waals surface area contributed by atoms with E-state index in [2.05, 4.69) is 84.1 Å². The van der Waals surface area contributed by atoms with Crippen LogP contribution >= 0.6 is 0 Å². The van der Waals surface area contributed by atoms with Gasteiger partial charge in [-0.25, -0.2) is 0 Å². The Morgan fingerprint density at radius 2 is 1.59 bits per heavy atom. The summed E-state index contributed by atoms with van der Waals surface area (Å²) in [5.74, 6) is 0. The molecule has 0 amide bonds. The normalized spacial score (nSPS) is 12.9. The highest BCUT2D eigenvalue weighted by atomic mass is 15.4. The van der Waals surface area contributed by atoms with Crippen LogP contribution in [-0.4, -0.2) is 9.36 Å². The van der Waals surface area contributed by atoms with Crippen molar-refractivity contribution in [1.29, 1.82) is 0 Å². The van der Waals surface area contributed by atoms with Crippen molar-refractivity contribution in [3.8, 4) is 22.5 Å². The second kappa shape index (κ2) is 4.80. The predicted molar refractivity (Wildman–Crippen MR) is 92.0 cm³/mol. The molecule has 0 atom stereocenters. The Morgan fingerprint density at radius 3 is 2.36 bits per heavy atom. The lowest BCUT2D eigenvalue weighted by Gasteiger charge is -2.35. The molecule has 1 aliphatic rings. The van der Waals surface area contributed by atoms with Crippen LogP contribution in [0.2, 0.25) is 0 Å². The molecule has 0 radical (unpaired) electrons. The molecule has 1 aromatic heterocycles. The highest BCUT2D eigenvalue weighted by Gasteiger charge is 2.27. The zero-order valence-corrected chi connectivity index (χ0v) is 13.3. The molecule has 0 unspecified atom stereocenters. The Labute approximate surface area is 131 Å². The largest absolute Gasteiger partial charge is 0.380 e. The first-order valence-electron chi connectivity index (χ1n) is 7.87. The number of nitrogens with zero attached hydrogens (tertiary/aromatic N) is 2. The van der Waals surface area contributed by atoms with Gasteiger partial charge in [0.1, 0.15) is 0 Å². The molecule has 0 aliphatic carbocycles. The Morgan fingerprint density at radius 1 is 0.909 bits per heavy atom. The quantitative estimate of drug-likeness (QED) is 0.691. The summed E-state index contributed by atoms with van der Waals surface area (Å²) in [4.78, 5) is 0. The maximum Gasteiger partial charge on any atom is 0.0922 e. The number of fused-ring (bicyclic) bond motifs is 5. The summed E-state index contributed by atoms with van der Waals surface area (Å²) in [5, 5.41) is 3.59. The number of hydrogen-bond donors (Lipinski definition) is 1. The molecule has 112 valence electrons. The van der Waals surface area contributed by atoms with Gasteiger partial charge in [-0.15, -0.1) is 0 Å². The molecule has 0 bridgehead atoms. The Balaban J connectivity index is 2.05.